The summed E-state index contributed by atoms with van der Waals surface area (Å²) in [4.78, 5) is 19.7. The molecule has 1 aliphatic carbocycles. The number of nitrogens with zero attached hydrogens (tertiary/aromatic N) is 2. The summed E-state index contributed by atoms with van der Waals surface area (Å²) in [7, 11) is 0. The van der Waals surface area contributed by atoms with Gasteiger partial charge in [0.2, 0.25) is 0 Å². The first-order chi connectivity index (χ1) is 8.52. The van der Waals surface area contributed by atoms with E-state index in [1.807, 2.05) is 19.9 Å². The van der Waals surface area contributed by atoms with E-state index in [4.69, 9.17) is 0 Å². The Morgan fingerprint density at radius 1 is 1.50 bits per heavy atom. The lowest BCUT2D eigenvalue weighted by Crippen LogP contribution is -2.46. The van der Waals surface area contributed by atoms with Gasteiger partial charge in [0.1, 0.15) is 12.1 Å². The van der Waals surface area contributed by atoms with E-state index in [9.17, 15) is 9.90 Å². The number of aryl methyl sites for hydroxylation is 1. The number of carboxylic acid groups (broad SMARTS) is 1. The minimum atomic E-state index is -0.731. The molecular formula is C13H19N3O2. The quantitative estimate of drug-likeness (QED) is 0.859. The lowest BCUT2D eigenvalue weighted by atomic mass is 9.71. The summed E-state index contributed by atoms with van der Waals surface area (Å²) in [6.45, 7) is 3.71. The first-order valence-electron chi connectivity index (χ1n) is 6.31. The molecule has 2 rings (SSSR count). The standard InChI is InChI=1S/C13H19N3O2/c1-9-7-11(15-8-14-9)16-10-5-3-4-6-13(10,2)12(17)18/h7-8,10H,3-6H2,1-2H3,(H,17,18)(H,14,15,16). The molecule has 2 N–H and O–H groups in total. The van der Waals surface area contributed by atoms with Gasteiger partial charge in [-0.3, -0.25) is 4.79 Å². The summed E-state index contributed by atoms with van der Waals surface area (Å²) in [5.74, 6) is -0.0210. The second kappa shape index (κ2) is 4.92. The molecule has 1 saturated carbocycles. The minimum Gasteiger partial charge on any atom is -0.481 e. The first kappa shape index (κ1) is 12.8. The molecule has 5 heteroatoms. The molecule has 18 heavy (non-hydrogen) atoms. The van der Waals surface area contributed by atoms with Crippen molar-refractivity contribution in [2.45, 2.75) is 45.6 Å². The normalized spacial score (nSPS) is 27.8. The summed E-state index contributed by atoms with van der Waals surface area (Å²) in [6, 6.07) is 1.77. The fourth-order valence-corrected chi connectivity index (χ4v) is 2.53. The van der Waals surface area contributed by atoms with Gasteiger partial charge in [0.15, 0.2) is 0 Å². The lowest BCUT2D eigenvalue weighted by molar-refractivity contribution is -0.150. The monoisotopic (exact) mass is 249 g/mol. The second-order valence-electron chi connectivity index (χ2n) is 5.21. The van der Waals surface area contributed by atoms with Crippen molar-refractivity contribution in [2.75, 3.05) is 5.32 Å². The van der Waals surface area contributed by atoms with Crippen LogP contribution in [0.15, 0.2) is 12.4 Å². The van der Waals surface area contributed by atoms with Gasteiger partial charge in [0.25, 0.3) is 0 Å². The number of hydrogen-bond acceptors (Lipinski definition) is 4. The fourth-order valence-electron chi connectivity index (χ4n) is 2.53. The smallest absolute Gasteiger partial charge is 0.311 e. The Labute approximate surface area is 107 Å². The molecule has 1 fully saturated rings. The van der Waals surface area contributed by atoms with E-state index in [-0.39, 0.29) is 6.04 Å². The molecule has 98 valence electrons. The number of rotatable bonds is 3. The molecule has 0 amide bonds. The Balaban J connectivity index is 2.18. The molecule has 0 aromatic carbocycles. The van der Waals surface area contributed by atoms with Crippen LogP contribution in [0.4, 0.5) is 5.82 Å². The van der Waals surface area contributed by atoms with Crippen molar-refractivity contribution >= 4 is 11.8 Å². The summed E-state index contributed by atoms with van der Waals surface area (Å²) < 4.78 is 0. The Bertz CT molecular complexity index is 450. The summed E-state index contributed by atoms with van der Waals surface area (Å²) >= 11 is 0. The van der Waals surface area contributed by atoms with Crippen molar-refractivity contribution in [3.8, 4) is 0 Å². The predicted octanol–water partition coefficient (Wildman–Crippen LogP) is 2.23. The van der Waals surface area contributed by atoms with Crippen LogP contribution in [0.5, 0.6) is 0 Å². The third kappa shape index (κ3) is 2.44. The average molecular weight is 249 g/mol. The molecule has 1 aromatic heterocycles. The van der Waals surface area contributed by atoms with Gasteiger partial charge in [-0.2, -0.15) is 0 Å². The number of aromatic nitrogens is 2. The highest BCUT2D eigenvalue weighted by Gasteiger charge is 2.43. The molecule has 0 aliphatic heterocycles. The molecule has 0 saturated heterocycles. The number of carbonyl (C=O) groups is 1. The van der Waals surface area contributed by atoms with Crippen LogP contribution in [-0.2, 0) is 4.79 Å². The lowest BCUT2D eigenvalue weighted by Gasteiger charge is -2.38. The highest BCUT2D eigenvalue weighted by atomic mass is 16.4. The zero-order chi connectivity index (χ0) is 13.2. The molecule has 0 bridgehead atoms. The molecule has 2 atom stereocenters. The van der Waals surface area contributed by atoms with Crippen LogP contribution in [-0.4, -0.2) is 27.1 Å². The largest absolute Gasteiger partial charge is 0.481 e. The number of anilines is 1. The van der Waals surface area contributed by atoms with E-state index in [0.717, 1.165) is 25.0 Å². The van der Waals surface area contributed by atoms with Crippen LogP contribution in [0.3, 0.4) is 0 Å². The molecule has 5 nitrogen and oxygen atoms in total. The molecule has 2 unspecified atom stereocenters. The van der Waals surface area contributed by atoms with E-state index in [0.29, 0.717) is 12.2 Å². The van der Waals surface area contributed by atoms with Crippen LogP contribution < -0.4 is 5.32 Å². The van der Waals surface area contributed by atoms with Crippen LogP contribution in [0, 0.1) is 12.3 Å². The third-order valence-electron chi connectivity index (χ3n) is 3.82. The van der Waals surface area contributed by atoms with Gasteiger partial charge < -0.3 is 10.4 Å². The number of nitrogens with one attached hydrogen (secondary N) is 1. The second-order valence-corrected chi connectivity index (χ2v) is 5.21. The number of hydrogen-bond donors (Lipinski definition) is 2. The number of carboxylic acids is 1. The topological polar surface area (TPSA) is 75.1 Å². The van der Waals surface area contributed by atoms with E-state index in [1.54, 1.807) is 0 Å². The Morgan fingerprint density at radius 2 is 2.28 bits per heavy atom. The van der Waals surface area contributed by atoms with E-state index >= 15 is 0 Å². The van der Waals surface area contributed by atoms with Crippen molar-refractivity contribution in [3.63, 3.8) is 0 Å². The average Bonchev–Trinajstić information content (AvgIpc) is 2.32. The zero-order valence-corrected chi connectivity index (χ0v) is 10.8. The Hall–Kier alpha value is -1.65. The van der Waals surface area contributed by atoms with Crippen LogP contribution in [0.25, 0.3) is 0 Å². The molecule has 0 radical (unpaired) electrons. The van der Waals surface area contributed by atoms with Gasteiger partial charge in [-0.05, 0) is 26.7 Å². The maximum atomic E-state index is 11.5. The first-order valence-corrected chi connectivity index (χ1v) is 6.31. The maximum Gasteiger partial charge on any atom is 0.311 e. The van der Waals surface area contributed by atoms with Gasteiger partial charge in [0, 0.05) is 17.8 Å². The van der Waals surface area contributed by atoms with Crippen molar-refractivity contribution in [1.29, 1.82) is 0 Å². The molecule has 1 heterocycles. The van der Waals surface area contributed by atoms with Gasteiger partial charge in [-0.25, -0.2) is 9.97 Å². The van der Waals surface area contributed by atoms with Crippen LogP contribution >= 0.6 is 0 Å². The predicted molar refractivity (Wildman–Crippen MR) is 68.4 cm³/mol. The minimum absolute atomic E-state index is 0.0713. The van der Waals surface area contributed by atoms with E-state index < -0.39 is 11.4 Å². The highest BCUT2D eigenvalue weighted by molar-refractivity contribution is 5.76. The van der Waals surface area contributed by atoms with Crippen molar-refractivity contribution in [1.82, 2.24) is 9.97 Å². The molecular weight excluding hydrogens is 230 g/mol. The molecule has 1 aromatic rings. The van der Waals surface area contributed by atoms with Crippen molar-refractivity contribution in [3.05, 3.63) is 18.1 Å². The van der Waals surface area contributed by atoms with Gasteiger partial charge >= 0.3 is 5.97 Å². The maximum absolute atomic E-state index is 11.5. The van der Waals surface area contributed by atoms with Gasteiger partial charge in [0.05, 0.1) is 5.41 Å². The van der Waals surface area contributed by atoms with Gasteiger partial charge in [-0.1, -0.05) is 12.8 Å². The molecule has 0 spiro atoms. The number of aliphatic carboxylic acids is 1. The van der Waals surface area contributed by atoms with E-state index in [2.05, 4.69) is 15.3 Å². The van der Waals surface area contributed by atoms with E-state index in [1.165, 1.54) is 6.33 Å². The highest BCUT2D eigenvalue weighted by Crippen LogP contribution is 2.37. The van der Waals surface area contributed by atoms with Crippen molar-refractivity contribution < 1.29 is 9.90 Å². The van der Waals surface area contributed by atoms with Crippen molar-refractivity contribution in [2.24, 2.45) is 5.41 Å². The fraction of sp³-hybridized carbons (Fsp3) is 0.615. The SMILES string of the molecule is Cc1cc(NC2CCCCC2(C)C(=O)O)ncn1. The Morgan fingerprint density at radius 3 is 2.94 bits per heavy atom. The molecule has 1 aliphatic rings. The third-order valence-corrected chi connectivity index (χ3v) is 3.82. The summed E-state index contributed by atoms with van der Waals surface area (Å²) in [5, 5.41) is 12.7. The Kier molecular flexibility index (Phi) is 3.50. The zero-order valence-electron chi connectivity index (χ0n) is 10.8. The summed E-state index contributed by atoms with van der Waals surface area (Å²) in [6.07, 6.45) is 5.11. The van der Waals surface area contributed by atoms with Crippen LogP contribution in [0.2, 0.25) is 0 Å². The summed E-state index contributed by atoms with van der Waals surface area (Å²) in [5.41, 5.74) is 0.164. The van der Waals surface area contributed by atoms with Crippen LogP contribution in [0.1, 0.15) is 38.3 Å². The van der Waals surface area contributed by atoms with Gasteiger partial charge in [-0.15, -0.1) is 0 Å².